The lowest BCUT2D eigenvalue weighted by atomic mass is 9.96. The lowest BCUT2D eigenvalue weighted by molar-refractivity contribution is 0.673. The van der Waals surface area contributed by atoms with Crippen molar-refractivity contribution in [2.24, 2.45) is 0 Å². The van der Waals surface area contributed by atoms with Crippen molar-refractivity contribution in [3.05, 3.63) is 176 Å². The SMILES string of the molecule is c1ccc(-c2ccccc2N(c2ccc3ccccc3c2)c2cc3c(oc4cccc(-c5ccccc5)c43)c3ccccc23)cc1. The molecule has 0 saturated carbocycles. The van der Waals surface area contributed by atoms with Gasteiger partial charge in [0.15, 0.2) is 0 Å². The number of anilines is 3. The minimum Gasteiger partial charge on any atom is -0.455 e. The van der Waals surface area contributed by atoms with Crippen molar-refractivity contribution < 1.29 is 4.42 Å². The van der Waals surface area contributed by atoms with Crippen molar-refractivity contribution in [3.8, 4) is 22.3 Å². The van der Waals surface area contributed by atoms with E-state index in [1.165, 1.54) is 33.0 Å². The fraction of sp³-hybridized carbons (Fsp3) is 0. The summed E-state index contributed by atoms with van der Waals surface area (Å²) >= 11 is 0. The maximum atomic E-state index is 6.71. The number of fused-ring (bicyclic) bond motifs is 6. The van der Waals surface area contributed by atoms with Crippen LogP contribution in [0.15, 0.2) is 180 Å². The van der Waals surface area contributed by atoms with Gasteiger partial charge in [0.2, 0.25) is 0 Å². The summed E-state index contributed by atoms with van der Waals surface area (Å²) in [6.45, 7) is 0. The predicted molar refractivity (Wildman–Crippen MR) is 194 cm³/mol. The molecular formula is C44H29NO. The topological polar surface area (TPSA) is 16.4 Å². The zero-order valence-electron chi connectivity index (χ0n) is 25.1. The molecule has 0 fully saturated rings. The third-order valence-electron chi connectivity index (χ3n) is 9.03. The summed E-state index contributed by atoms with van der Waals surface area (Å²) in [5, 5.41) is 6.88. The molecule has 0 aliphatic heterocycles. The van der Waals surface area contributed by atoms with Crippen molar-refractivity contribution in [3.63, 3.8) is 0 Å². The molecule has 216 valence electrons. The Morgan fingerprint density at radius 1 is 0.391 bits per heavy atom. The summed E-state index contributed by atoms with van der Waals surface area (Å²) in [6, 6.07) is 62.7. The lowest BCUT2D eigenvalue weighted by Crippen LogP contribution is -2.12. The first kappa shape index (κ1) is 26.3. The van der Waals surface area contributed by atoms with E-state index in [1.807, 2.05) is 0 Å². The molecule has 0 radical (unpaired) electrons. The largest absolute Gasteiger partial charge is 0.455 e. The van der Waals surface area contributed by atoms with E-state index in [9.17, 15) is 0 Å². The average Bonchev–Trinajstić information content (AvgIpc) is 3.52. The van der Waals surface area contributed by atoms with E-state index in [2.05, 4.69) is 181 Å². The molecule has 2 nitrogen and oxygen atoms in total. The van der Waals surface area contributed by atoms with Gasteiger partial charge in [-0.1, -0.05) is 146 Å². The second kappa shape index (κ2) is 10.8. The van der Waals surface area contributed by atoms with E-state index in [0.717, 1.165) is 49.8 Å². The van der Waals surface area contributed by atoms with Crippen LogP contribution >= 0.6 is 0 Å². The Morgan fingerprint density at radius 3 is 1.83 bits per heavy atom. The van der Waals surface area contributed by atoms with Crippen LogP contribution in [0, 0.1) is 0 Å². The van der Waals surface area contributed by atoms with Crippen LogP contribution in [-0.4, -0.2) is 0 Å². The number of benzene rings is 8. The average molecular weight is 588 g/mol. The Labute approximate surface area is 267 Å². The molecular weight excluding hydrogens is 558 g/mol. The van der Waals surface area contributed by atoms with Gasteiger partial charge in [-0.05, 0) is 57.8 Å². The van der Waals surface area contributed by atoms with E-state index in [-0.39, 0.29) is 0 Å². The summed E-state index contributed by atoms with van der Waals surface area (Å²) in [5.41, 5.74) is 9.80. The zero-order valence-corrected chi connectivity index (χ0v) is 25.1. The van der Waals surface area contributed by atoms with Crippen LogP contribution in [-0.2, 0) is 0 Å². The van der Waals surface area contributed by atoms with E-state index in [4.69, 9.17) is 4.42 Å². The number of hydrogen-bond acceptors (Lipinski definition) is 2. The molecule has 2 heteroatoms. The molecule has 0 saturated heterocycles. The van der Waals surface area contributed by atoms with Crippen LogP contribution in [0.1, 0.15) is 0 Å². The van der Waals surface area contributed by atoms with Crippen molar-refractivity contribution in [2.75, 3.05) is 4.90 Å². The maximum absolute atomic E-state index is 6.71. The summed E-state index contributed by atoms with van der Waals surface area (Å²) in [7, 11) is 0. The highest BCUT2D eigenvalue weighted by atomic mass is 16.3. The Hall–Kier alpha value is -6.12. The number of hydrogen-bond donors (Lipinski definition) is 0. The highest BCUT2D eigenvalue weighted by molar-refractivity contribution is 6.22. The summed E-state index contributed by atoms with van der Waals surface area (Å²) < 4.78 is 6.71. The van der Waals surface area contributed by atoms with Crippen molar-refractivity contribution >= 4 is 60.5 Å². The van der Waals surface area contributed by atoms with Gasteiger partial charge < -0.3 is 9.32 Å². The van der Waals surface area contributed by atoms with Crippen LogP contribution in [0.4, 0.5) is 17.1 Å². The number of rotatable bonds is 5. The third kappa shape index (κ3) is 4.27. The van der Waals surface area contributed by atoms with Crippen LogP contribution in [0.3, 0.4) is 0 Å². The first-order valence-corrected chi connectivity index (χ1v) is 15.7. The Kier molecular flexibility index (Phi) is 6.17. The minimum atomic E-state index is 0.889. The number of nitrogens with zero attached hydrogens (tertiary/aromatic N) is 1. The molecule has 0 bridgehead atoms. The van der Waals surface area contributed by atoms with Gasteiger partial charge >= 0.3 is 0 Å². The molecule has 0 spiro atoms. The molecule has 9 aromatic rings. The van der Waals surface area contributed by atoms with E-state index >= 15 is 0 Å². The van der Waals surface area contributed by atoms with Gasteiger partial charge in [-0.25, -0.2) is 0 Å². The van der Waals surface area contributed by atoms with Crippen LogP contribution in [0.2, 0.25) is 0 Å². The lowest BCUT2D eigenvalue weighted by Gasteiger charge is -2.29. The highest BCUT2D eigenvalue weighted by Gasteiger charge is 2.23. The zero-order chi connectivity index (χ0) is 30.5. The first-order valence-electron chi connectivity index (χ1n) is 15.7. The van der Waals surface area contributed by atoms with E-state index in [1.54, 1.807) is 0 Å². The van der Waals surface area contributed by atoms with Gasteiger partial charge in [0.1, 0.15) is 11.2 Å². The number of furan rings is 1. The minimum absolute atomic E-state index is 0.889. The van der Waals surface area contributed by atoms with E-state index in [0.29, 0.717) is 0 Å². The molecule has 9 rings (SSSR count). The predicted octanol–water partition coefficient (Wildman–Crippen LogP) is 12.7. The van der Waals surface area contributed by atoms with Crippen LogP contribution in [0.5, 0.6) is 0 Å². The smallest absolute Gasteiger partial charge is 0.143 e. The maximum Gasteiger partial charge on any atom is 0.143 e. The molecule has 46 heavy (non-hydrogen) atoms. The Balaban J connectivity index is 1.41. The highest BCUT2D eigenvalue weighted by Crippen LogP contribution is 2.48. The second-order valence-corrected chi connectivity index (χ2v) is 11.7. The number of para-hydroxylation sites is 1. The van der Waals surface area contributed by atoms with Gasteiger partial charge in [-0.2, -0.15) is 0 Å². The summed E-state index contributed by atoms with van der Waals surface area (Å²) in [4.78, 5) is 2.43. The molecule has 0 unspecified atom stereocenters. The van der Waals surface area contributed by atoms with Gasteiger partial charge in [-0.15, -0.1) is 0 Å². The van der Waals surface area contributed by atoms with E-state index < -0.39 is 0 Å². The molecule has 1 aromatic heterocycles. The second-order valence-electron chi connectivity index (χ2n) is 11.7. The normalized spacial score (nSPS) is 11.5. The van der Waals surface area contributed by atoms with Crippen molar-refractivity contribution in [1.29, 1.82) is 0 Å². The van der Waals surface area contributed by atoms with Gasteiger partial charge in [0, 0.05) is 32.8 Å². The molecule has 0 atom stereocenters. The van der Waals surface area contributed by atoms with Crippen molar-refractivity contribution in [2.45, 2.75) is 0 Å². The van der Waals surface area contributed by atoms with Gasteiger partial charge in [-0.3, -0.25) is 0 Å². The summed E-state index contributed by atoms with van der Waals surface area (Å²) in [6.07, 6.45) is 0. The molecule has 8 aromatic carbocycles. The molecule has 0 amide bonds. The first-order chi connectivity index (χ1) is 22.8. The fourth-order valence-electron chi connectivity index (χ4n) is 6.93. The van der Waals surface area contributed by atoms with Crippen molar-refractivity contribution in [1.82, 2.24) is 0 Å². The molecule has 0 N–H and O–H groups in total. The fourth-order valence-corrected chi connectivity index (χ4v) is 6.93. The van der Waals surface area contributed by atoms with Gasteiger partial charge in [0.05, 0.1) is 11.4 Å². The molecule has 0 aliphatic rings. The monoisotopic (exact) mass is 587 g/mol. The quantitative estimate of drug-likeness (QED) is 0.199. The summed E-state index contributed by atoms with van der Waals surface area (Å²) in [5.74, 6) is 0. The molecule has 1 heterocycles. The van der Waals surface area contributed by atoms with Gasteiger partial charge in [0.25, 0.3) is 0 Å². The standard InChI is InChI=1S/C44H29NO/c1-3-15-31(16-4-1)35-20-11-12-24-40(35)45(34-27-26-30-14-7-8-19-33(30)28-34)41-29-39-43-36(32-17-5-2-6-18-32)23-13-25-42(43)46-44(39)38-22-10-9-21-37(38)41/h1-29H. The third-order valence-corrected chi connectivity index (χ3v) is 9.03. The Bertz CT molecular complexity index is 2530. The van der Waals surface area contributed by atoms with Crippen LogP contribution in [0.25, 0.3) is 65.7 Å². The molecule has 0 aliphatic carbocycles. The van der Waals surface area contributed by atoms with Crippen LogP contribution < -0.4 is 4.90 Å². The Morgan fingerprint density at radius 2 is 1.02 bits per heavy atom.